The van der Waals surface area contributed by atoms with Gasteiger partial charge in [0.1, 0.15) is 0 Å². The molecule has 1 heterocycles. The number of carbonyl (C=O) groups excluding carboxylic acids is 1. The number of amides is 1. The number of hydrogen-bond acceptors (Lipinski definition) is 3. The lowest BCUT2D eigenvalue weighted by atomic mass is 10.2. The Hall–Kier alpha value is -2.08. The maximum atomic E-state index is 12.4. The Morgan fingerprint density at radius 1 is 1.29 bits per heavy atom. The number of nitrogens with zero attached hydrogens (tertiary/aromatic N) is 2. The Bertz CT molecular complexity index is 560. The molecule has 1 aliphatic heterocycles. The second-order valence-corrected chi connectivity index (χ2v) is 5.68. The van der Waals surface area contributed by atoms with E-state index in [1.54, 1.807) is 7.05 Å². The zero-order valence-corrected chi connectivity index (χ0v) is 14.7. The maximum absolute atomic E-state index is 12.4. The van der Waals surface area contributed by atoms with Crippen molar-refractivity contribution in [2.45, 2.75) is 26.2 Å². The average Bonchev–Trinajstić information content (AvgIpc) is 3.04. The van der Waals surface area contributed by atoms with Crippen LogP contribution in [0, 0.1) is 0 Å². The van der Waals surface area contributed by atoms with Crippen LogP contribution < -0.4 is 15.5 Å². The normalized spacial score (nSPS) is 13.8. The van der Waals surface area contributed by atoms with Crippen LogP contribution in [0.4, 0.5) is 5.69 Å². The maximum Gasteiger partial charge on any atom is 0.246 e. The van der Waals surface area contributed by atoms with Gasteiger partial charge in [-0.3, -0.25) is 9.79 Å². The predicted molar refractivity (Wildman–Crippen MR) is 97.6 cm³/mol. The highest BCUT2D eigenvalue weighted by molar-refractivity contribution is 5.98. The van der Waals surface area contributed by atoms with E-state index in [0.29, 0.717) is 5.96 Å². The fourth-order valence-corrected chi connectivity index (χ4v) is 2.75. The van der Waals surface area contributed by atoms with Gasteiger partial charge >= 0.3 is 0 Å². The lowest BCUT2D eigenvalue weighted by Gasteiger charge is -2.18. The molecule has 0 aliphatic carbocycles. The molecular weight excluding hydrogens is 304 g/mol. The Kier molecular flexibility index (Phi) is 7.55. The summed E-state index contributed by atoms with van der Waals surface area (Å²) in [5.41, 5.74) is 2.27. The molecule has 6 heteroatoms. The number of unbranched alkanes of at least 4 members (excludes halogenated alkanes) is 1. The number of guanidine groups is 1. The highest BCUT2D eigenvalue weighted by Gasteiger charge is 2.23. The van der Waals surface area contributed by atoms with Crippen molar-refractivity contribution in [3.63, 3.8) is 0 Å². The summed E-state index contributed by atoms with van der Waals surface area (Å²) in [5, 5.41) is 6.32. The van der Waals surface area contributed by atoms with Gasteiger partial charge in [0.15, 0.2) is 5.96 Å². The molecule has 2 rings (SSSR count). The summed E-state index contributed by atoms with van der Waals surface area (Å²) in [6.07, 6.45) is 2.95. The second kappa shape index (κ2) is 9.93. The molecular formula is C18H28N4O2. The number of hydrogen-bond donors (Lipinski definition) is 2. The first-order valence-corrected chi connectivity index (χ1v) is 8.66. The summed E-state index contributed by atoms with van der Waals surface area (Å²) >= 11 is 0. The van der Waals surface area contributed by atoms with Gasteiger partial charge < -0.3 is 20.3 Å². The number of para-hydroxylation sites is 1. The van der Waals surface area contributed by atoms with Crippen LogP contribution in [0.1, 0.15) is 25.3 Å². The fourth-order valence-electron chi connectivity index (χ4n) is 2.75. The summed E-state index contributed by atoms with van der Waals surface area (Å²) in [5.74, 6) is 0.728. The molecule has 2 N–H and O–H groups in total. The van der Waals surface area contributed by atoms with Crippen LogP contribution in [-0.4, -0.2) is 51.8 Å². The highest BCUT2D eigenvalue weighted by Crippen LogP contribution is 2.27. The van der Waals surface area contributed by atoms with Gasteiger partial charge in [-0.25, -0.2) is 0 Å². The third-order valence-corrected chi connectivity index (χ3v) is 4.03. The smallest absolute Gasteiger partial charge is 0.246 e. The molecule has 0 saturated carbocycles. The van der Waals surface area contributed by atoms with Crippen molar-refractivity contribution in [2.75, 3.05) is 44.8 Å². The minimum absolute atomic E-state index is 0.0687. The summed E-state index contributed by atoms with van der Waals surface area (Å²) in [6, 6.07) is 8.08. The highest BCUT2D eigenvalue weighted by atomic mass is 16.5. The molecule has 1 amide bonds. The topological polar surface area (TPSA) is 66.0 Å². The first-order valence-electron chi connectivity index (χ1n) is 8.66. The van der Waals surface area contributed by atoms with Crippen LogP contribution in [0.3, 0.4) is 0 Å². The van der Waals surface area contributed by atoms with E-state index in [9.17, 15) is 4.79 Å². The van der Waals surface area contributed by atoms with E-state index in [-0.39, 0.29) is 12.5 Å². The number of benzene rings is 1. The van der Waals surface area contributed by atoms with Crippen molar-refractivity contribution < 1.29 is 9.53 Å². The van der Waals surface area contributed by atoms with Crippen LogP contribution in [0.5, 0.6) is 0 Å². The second-order valence-electron chi connectivity index (χ2n) is 5.68. The van der Waals surface area contributed by atoms with Gasteiger partial charge in [0.25, 0.3) is 0 Å². The third-order valence-electron chi connectivity index (χ3n) is 4.03. The van der Waals surface area contributed by atoms with Gasteiger partial charge in [-0.1, -0.05) is 18.2 Å². The van der Waals surface area contributed by atoms with Gasteiger partial charge in [0, 0.05) is 39.0 Å². The summed E-state index contributed by atoms with van der Waals surface area (Å²) < 4.78 is 5.31. The SMILES string of the molecule is CCOCCCCNC(=NC)NCC(=O)N1CCc2ccccc21. The molecule has 1 aromatic rings. The number of ether oxygens (including phenoxy) is 1. The van der Waals surface area contributed by atoms with Crippen LogP contribution in [0.15, 0.2) is 29.3 Å². The molecule has 0 spiro atoms. The summed E-state index contributed by atoms with van der Waals surface area (Å²) in [4.78, 5) is 18.4. The first-order chi connectivity index (χ1) is 11.8. The fraction of sp³-hybridized carbons (Fsp3) is 0.556. The Balaban J connectivity index is 1.71. The van der Waals surface area contributed by atoms with Gasteiger partial charge in [-0.05, 0) is 37.8 Å². The van der Waals surface area contributed by atoms with Gasteiger partial charge in [-0.15, -0.1) is 0 Å². The van der Waals surface area contributed by atoms with Crippen molar-refractivity contribution in [3.8, 4) is 0 Å². The Morgan fingerprint density at radius 3 is 2.92 bits per heavy atom. The number of nitrogens with one attached hydrogen (secondary N) is 2. The van der Waals surface area contributed by atoms with Crippen molar-refractivity contribution in [2.24, 2.45) is 4.99 Å². The van der Waals surface area contributed by atoms with E-state index in [4.69, 9.17) is 4.74 Å². The molecule has 0 fully saturated rings. The predicted octanol–water partition coefficient (Wildman–Crippen LogP) is 1.56. The van der Waals surface area contributed by atoms with E-state index in [0.717, 1.165) is 51.3 Å². The number of rotatable bonds is 8. The molecule has 24 heavy (non-hydrogen) atoms. The van der Waals surface area contributed by atoms with Crippen LogP contribution in [0.2, 0.25) is 0 Å². The van der Waals surface area contributed by atoms with E-state index in [1.165, 1.54) is 5.56 Å². The minimum atomic E-state index is 0.0687. The van der Waals surface area contributed by atoms with Gasteiger partial charge in [0.05, 0.1) is 6.54 Å². The number of carbonyl (C=O) groups is 1. The zero-order valence-electron chi connectivity index (χ0n) is 14.7. The molecule has 0 unspecified atom stereocenters. The van der Waals surface area contributed by atoms with Gasteiger partial charge in [-0.2, -0.15) is 0 Å². The molecule has 6 nitrogen and oxygen atoms in total. The largest absolute Gasteiger partial charge is 0.382 e. The Labute approximate surface area is 144 Å². The summed E-state index contributed by atoms with van der Waals surface area (Å²) in [7, 11) is 1.71. The number of aliphatic imine (C=N–C) groups is 1. The van der Waals surface area contributed by atoms with E-state index >= 15 is 0 Å². The van der Waals surface area contributed by atoms with Crippen molar-refractivity contribution >= 4 is 17.6 Å². The van der Waals surface area contributed by atoms with E-state index < -0.39 is 0 Å². The lowest BCUT2D eigenvalue weighted by molar-refractivity contribution is -0.117. The Morgan fingerprint density at radius 2 is 2.12 bits per heavy atom. The third kappa shape index (κ3) is 5.23. The molecule has 0 saturated heterocycles. The standard InChI is InChI=1S/C18H28N4O2/c1-3-24-13-7-6-11-20-18(19-2)21-14-17(23)22-12-10-15-8-4-5-9-16(15)22/h4-5,8-9H,3,6-7,10-14H2,1-2H3,(H2,19,20,21). The number of fused-ring (bicyclic) bond motifs is 1. The van der Waals surface area contributed by atoms with Crippen LogP contribution in [-0.2, 0) is 16.0 Å². The van der Waals surface area contributed by atoms with Crippen molar-refractivity contribution in [1.29, 1.82) is 0 Å². The van der Waals surface area contributed by atoms with Crippen LogP contribution in [0.25, 0.3) is 0 Å². The average molecular weight is 332 g/mol. The molecule has 0 aromatic heterocycles. The van der Waals surface area contributed by atoms with E-state index in [2.05, 4.69) is 21.7 Å². The lowest BCUT2D eigenvalue weighted by Crippen LogP contribution is -2.44. The molecule has 132 valence electrons. The van der Waals surface area contributed by atoms with Crippen molar-refractivity contribution in [1.82, 2.24) is 10.6 Å². The molecule has 1 aromatic carbocycles. The van der Waals surface area contributed by atoms with E-state index in [1.807, 2.05) is 30.0 Å². The minimum Gasteiger partial charge on any atom is -0.382 e. The number of anilines is 1. The monoisotopic (exact) mass is 332 g/mol. The molecule has 1 aliphatic rings. The molecule has 0 bridgehead atoms. The molecule has 0 atom stereocenters. The van der Waals surface area contributed by atoms with Crippen molar-refractivity contribution in [3.05, 3.63) is 29.8 Å². The molecule has 0 radical (unpaired) electrons. The quantitative estimate of drug-likeness (QED) is 0.431. The zero-order chi connectivity index (χ0) is 17.2. The van der Waals surface area contributed by atoms with Crippen LogP contribution >= 0.6 is 0 Å². The van der Waals surface area contributed by atoms with Gasteiger partial charge in [0.2, 0.25) is 5.91 Å². The first kappa shape index (κ1) is 18.3. The summed E-state index contributed by atoms with van der Waals surface area (Å²) in [6.45, 7) is 5.36.